The van der Waals surface area contributed by atoms with Gasteiger partial charge in [0.2, 0.25) is 10.0 Å². The molecule has 0 unspecified atom stereocenters. The first kappa shape index (κ1) is 23.8. The van der Waals surface area contributed by atoms with Gasteiger partial charge in [0.05, 0.1) is 24.2 Å². The molecule has 12 heteroatoms. The van der Waals surface area contributed by atoms with Crippen molar-refractivity contribution in [2.45, 2.75) is 11.4 Å². The molecule has 1 fully saturated rings. The Bertz CT molecular complexity index is 1230. The summed E-state index contributed by atoms with van der Waals surface area (Å²) in [5.41, 5.74) is 1.31. The lowest BCUT2D eigenvalue weighted by molar-refractivity contribution is 0.0624. The summed E-state index contributed by atoms with van der Waals surface area (Å²) in [6.07, 6.45) is 0. The number of carbonyl (C=O) groups excluding carboxylic acids is 1. The van der Waals surface area contributed by atoms with E-state index in [1.807, 2.05) is 24.3 Å². The van der Waals surface area contributed by atoms with Crippen molar-refractivity contribution < 1.29 is 17.9 Å². The third-order valence-corrected chi connectivity index (χ3v) is 7.58. The molecule has 0 radical (unpaired) electrons. The van der Waals surface area contributed by atoms with E-state index in [-0.39, 0.29) is 10.8 Å². The van der Waals surface area contributed by atoms with Crippen molar-refractivity contribution in [3.63, 3.8) is 0 Å². The molecule has 2 aromatic carbocycles. The average Bonchev–Trinajstić information content (AvgIpc) is 3.32. The Kier molecular flexibility index (Phi) is 6.91. The highest BCUT2D eigenvalue weighted by molar-refractivity contribution is 7.89. The maximum atomic E-state index is 12.9. The second-order valence-corrected chi connectivity index (χ2v) is 10.2. The summed E-state index contributed by atoms with van der Waals surface area (Å²) in [7, 11) is 1.04. The van der Waals surface area contributed by atoms with Gasteiger partial charge in [0.1, 0.15) is 5.75 Å². The smallest absolute Gasteiger partial charge is 0.253 e. The number of aromatic nitrogens is 4. The van der Waals surface area contributed by atoms with Crippen LogP contribution in [0.4, 0.5) is 0 Å². The zero-order valence-electron chi connectivity index (χ0n) is 19.3. The summed E-state index contributed by atoms with van der Waals surface area (Å²) < 4.78 is 32.5. The maximum absolute atomic E-state index is 12.9. The second-order valence-electron chi connectivity index (χ2n) is 8.09. The van der Waals surface area contributed by atoms with Gasteiger partial charge in [-0.25, -0.2) is 12.7 Å². The molecule has 1 aromatic heterocycles. The van der Waals surface area contributed by atoms with Crippen molar-refractivity contribution in [2.24, 2.45) is 0 Å². The van der Waals surface area contributed by atoms with Crippen molar-refractivity contribution in [1.29, 1.82) is 0 Å². The first-order valence-corrected chi connectivity index (χ1v) is 12.2. The van der Waals surface area contributed by atoms with Crippen LogP contribution in [0.15, 0.2) is 53.4 Å². The van der Waals surface area contributed by atoms with Gasteiger partial charge >= 0.3 is 0 Å². The fourth-order valence-electron chi connectivity index (χ4n) is 3.70. The van der Waals surface area contributed by atoms with Gasteiger partial charge in [0.15, 0.2) is 5.82 Å². The third-order valence-electron chi connectivity index (χ3n) is 5.76. The zero-order valence-corrected chi connectivity index (χ0v) is 20.1. The van der Waals surface area contributed by atoms with Gasteiger partial charge in [-0.15, -0.1) is 5.10 Å². The van der Waals surface area contributed by atoms with Crippen LogP contribution in [0.1, 0.15) is 16.2 Å². The second kappa shape index (κ2) is 9.87. The van der Waals surface area contributed by atoms with E-state index >= 15 is 0 Å². The van der Waals surface area contributed by atoms with Gasteiger partial charge in [-0.05, 0) is 59.0 Å². The monoisotopic (exact) mass is 485 g/mol. The predicted octanol–water partition coefficient (Wildman–Crippen LogP) is 0.879. The molecule has 0 atom stereocenters. The molecular formula is C22H27N7O4S. The molecule has 0 bridgehead atoms. The van der Waals surface area contributed by atoms with Crippen molar-refractivity contribution in [2.75, 3.05) is 47.4 Å². The normalized spacial score (nSPS) is 15.0. The number of hydrogen-bond donors (Lipinski definition) is 0. The molecule has 3 aromatic rings. The molecule has 1 aliphatic heterocycles. The predicted molar refractivity (Wildman–Crippen MR) is 124 cm³/mol. The summed E-state index contributed by atoms with van der Waals surface area (Å²) in [6, 6.07) is 13.6. The minimum atomic E-state index is -3.53. The SMILES string of the molecule is COc1ccc(-n2nnnc2CN2CCN(C(=O)c3ccc(S(=O)(=O)N(C)C)cc3)CC2)cc1. The Morgan fingerprint density at radius 2 is 1.65 bits per heavy atom. The molecule has 0 saturated carbocycles. The van der Waals surface area contributed by atoms with Crippen LogP contribution in [0.3, 0.4) is 0 Å². The fraction of sp³-hybridized carbons (Fsp3) is 0.364. The van der Waals surface area contributed by atoms with Crippen LogP contribution in [-0.2, 0) is 16.6 Å². The minimum absolute atomic E-state index is 0.114. The molecule has 0 spiro atoms. The van der Waals surface area contributed by atoms with E-state index in [4.69, 9.17) is 4.74 Å². The number of tetrazole rings is 1. The Morgan fingerprint density at radius 3 is 2.24 bits per heavy atom. The molecule has 11 nitrogen and oxygen atoms in total. The number of amides is 1. The molecule has 180 valence electrons. The van der Waals surface area contributed by atoms with E-state index in [1.165, 1.54) is 26.2 Å². The van der Waals surface area contributed by atoms with E-state index in [1.54, 1.807) is 28.8 Å². The lowest BCUT2D eigenvalue weighted by Gasteiger charge is -2.34. The number of carbonyl (C=O) groups is 1. The number of piperazine rings is 1. The van der Waals surface area contributed by atoms with E-state index in [9.17, 15) is 13.2 Å². The number of ether oxygens (including phenoxy) is 1. The van der Waals surface area contributed by atoms with Crippen LogP contribution < -0.4 is 4.74 Å². The minimum Gasteiger partial charge on any atom is -0.497 e. The van der Waals surface area contributed by atoms with E-state index in [2.05, 4.69) is 20.4 Å². The molecule has 1 saturated heterocycles. The first-order chi connectivity index (χ1) is 16.3. The number of benzene rings is 2. The van der Waals surface area contributed by atoms with Crippen LogP contribution >= 0.6 is 0 Å². The van der Waals surface area contributed by atoms with Crippen LogP contribution in [0, 0.1) is 0 Å². The topological polar surface area (TPSA) is 114 Å². The lowest BCUT2D eigenvalue weighted by atomic mass is 10.2. The zero-order chi connectivity index (χ0) is 24.3. The van der Waals surface area contributed by atoms with E-state index < -0.39 is 10.0 Å². The molecule has 0 N–H and O–H groups in total. The standard InChI is InChI=1S/C22H27N7O4S/c1-26(2)34(31,32)20-10-4-17(5-11-20)22(30)28-14-12-27(13-15-28)16-21-23-24-25-29(21)18-6-8-19(33-3)9-7-18/h4-11H,12-16H2,1-3H3. The van der Waals surface area contributed by atoms with Crippen molar-refractivity contribution >= 4 is 15.9 Å². The average molecular weight is 486 g/mol. The van der Waals surface area contributed by atoms with E-state index in [0.717, 1.165) is 15.7 Å². The van der Waals surface area contributed by atoms with Crippen LogP contribution in [0.25, 0.3) is 5.69 Å². The maximum Gasteiger partial charge on any atom is 0.253 e. The van der Waals surface area contributed by atoms with Crippen LogP contribution in [-0.4, -0.2) is 96.0 Å². The summed E-state index contributed by atoms with van der Waals surface area (Å²) >= 11 is 0. The number of methoxy groups -OCH3 is 1. The Morgan fingerprint density at radius 1 is 1.00 bits per heavy atom. The highest BCUT2D eigenvalue weighted by Gasteiger charge is 2.24. The highest BCUT2D eigenvalue weighted by Crippen LogP contribution is 2.18. The van der Waals surface area contributed by atoms with E-state index in [0.29, 0.717) is 44.1 Å². The number of rotatable bonds is 7. The molecule has 1 aliphatic rings. The van der Waals surface area contributed by atoms with Gasteiger partial charge in [-0.2, -0.15) is 4.68 Å². The van der Waals surface area contributed by atoms with Gasteiger partial charge in [0.25, 0.3) is 5.91 Å². The first-order valence-electron chi connectivity index (χ1n) is 10.8. The van der Waals surface area contributed by atoms with Gasteiger partial charge < -0.3 is 9.64 Å². The van der Waals surface area contributed by atoms with Crippen LogP contribution in [0.2, 0.25) is 0 Å². The number of sulfonamides is 1. The number of nitrogens with zero attached hydrogens (tertiary/aromatic N) is 7. The number of hydrogen-bond acceptors (Lipinski definition) is 8. The largest absolute Gasteiger partial charge is 0.497 e. The molecule has 1 amide bonds. The van der Waals surface area contributed by atoms with Gasteiger partial charge in [0, 0.05) is 45.8 Å². The molecule has 0 aliphatic carbocycles. The lowest BCUT2D eigenvalue weighted by Crippen LogP contribution is -2.48. The molecular weight excluding hydrogens is 458 g/mol. The fourth-order valence-corrected chi connectivity index (χ4v) is 4.60. The summed E-state index contributed by atoms with van der Waals surface area (Å²) in [6.45, 7) is 3.02. The third kappa shape index (κ3) is 4.93. The Labute approximate surface area is 198 Å². The van der Waals surface area contributed by atoms with Crippen molar-refractivity contribution in [3.8, 4) is 11.4 Å². The summed E-state index contributed by atoms with van der Waals surface area (Å²) in [5, 5.41) is 12.1. The quantitative estimate of drug-likeness (QED) is 0.485. The Balaban J connectivity index is 1.36. The van der Waals surface area contributed by atoms with Gasteiger partial charge in [-0.3, -0.25) is 9.69 Å². The van der Waals surface area contributed by atoms with Crippen molar-refractivity contribution in [3.05, 3.63) is 59.9 Å². The molecule has 4 rings (SSSR count). The molecule has 2 heterocycles. The Hall–Kier alpha value is -3.35. The highest BCUT2D eigenvalue weighted by atomic mass is 32.2. The van der Waals surface area contributed by atoms with Gasteiger partial charge in [-0.1, -0.05) is 0 Å². The van der Waals surface area contributed by atoms with Crippen LogP contribution in [0.5, 0.6) is 5.75 Å². The molecule has 34 heavy (non-hydrogen) atoms. The van der Waals surface area contributed by atoms with Crippen molar-refractivity contribution in [1.82, 2.24) is 34.3 Å². The summed E-state index contributed by atoms with van der Waals surface area (Å²) in [4.78, 5) is 17.0. The summed E-state index contributed by atoms with van der Waals surface area (Å²) in [5.74, 6) is 1.35.